The first-order valence-electron chi connectivity index (χ1n) is 9.75. The highest BCUT2D eigenvalue weighted by Gasteiger charge is 2.24. The number of para-hydroxylation sites is 1. The molecule has 0 aromatic heterocycles. The molecule has 2 N–H and O–H groups in total. The van der Waals surface area contributed by atoms with Gasteiger partial charge in [-0.2, -0.15) is 0 Å². The lowest BCUT2D eigenvalue weighted by Gasteiger charge is -2.31. The molecule has 1 fully saturated rings. The van der Waals surface area contributed by atoms with E-state index < -0.39 is 11.9 Å². The summed E-state index contributed by atoms with van der Waals surface area (Å²) in [5, 5.41) is 5.37. The monoisotopic (exact) mass is 417 g/mol. The zero-order valence-electron chi connectivity index (χ0n) is 16.8. The molecule has 0 unspecified atom stereocenters. The van der Waals surface area contributed by atoms with Crippen molar-refractivity contribution in [2.75, 3.05) is 19.0 Å². The van der Waals surface area contributed by atoms with E-state index in [1.165, 1.54) is 6.42 Å². The predicted molar refractivity (Wildman–Crippen MR) is 116 cm³/mol. The molecule has 0 aliphatic heterocycles. The number of amides is 2. The van der Waals surface area contributed by atoms with E-state index in [1.54, 1.807) is 36.1 Å². The van der Waals surface area contributed by atoms with Crippen LogP contribution in [0.4, 0.5) is 5.69 Å². The molecule has 1 aliphatic carbocycles. The summed E-state index contributed by atoms with van der Waals surface area (Å²) in [5.74, 6) is -1.27. The molecule has 0 heterocycles. The molecule has 0 bridgehead atoms. The number of thiocarbonyl (C=S) groups is 1. The number of anilines is 1. The zero-order valence-corrected chi connectivity index (χ0v) is 17.6. The van der Waals surface area contributed by atoms with E-state index in [0.29, 0.717) is 11.3 Å². The molecule has 8 heteroatoms. The van der Waals surface area contributed by atoms with Crippen molar-refractivity contribution in [2.45, 2.75) is 45.1 Å². The summed E-state index contributed by atoms with van der Waals surface area (Å²) in [6.07, 6.45) is 7.58. The number of nitrogens with one attached hydrogen (secondary N) is 2. The highest BCUT2D eigenvalue weighted by molar-refractivity contribution is 7.80. The van der Waals surface area contributed by atoms with Gasteiger partial charge in [0.1, 0.15) is 0 Å². The molecule has 0 radical (unpaired) electrons. The number of esters is 1. The van der Waals surface area contributed by atoms with E-state index in [4.69, 9.17) is 17.0 Å². The maximum Gasteiger partial charge on any atom is 0.330 e. The van der Waals surface area contributed by atoms with Gasteiger partial charge in [0, 0.05) is 25.2 Å². The Morgan fingerprint density at radius 1 is 1.17 bits per heavy atom. The van der Waals surface area contributed by atoms with E-state index in [0.717, 1.165) is 37.8 Å². The van der Waals surface area contributed by atoms with Gasteiger partial charge in [-0.05, 0) is 44.1 Å². The van der Waals surface area contributed by atoms with Crippen LogP contribution in [0, 0.1) is 0 Å². The van der Waals surface area contributed by atoms with Crippen LogP contribution in [0.3, 0.4) is 0 Å². The third kappa shape index (κ3) is 6.98. The van der Waals surface area contributed by atoms with Crippen LogP contribution in [0.25, 0.3) is 0 Å². The fourth-order valence-electron chi connectivity index (χ4n) is 3.24. The standard InChI is InChI=1S/C21H27N3O4S/c1-3-28-19(26)14-13-18(25)23-21(29)22-17-12-8-7-11-16(17)20(27)24(2)15-9-5-4-6-10-15/h7-8,11-15H,3-6,9-10H2,1-2H3,(H2,22,23,25,29)/b14-13+. The molecule has 1 aliphatic rings. The van der Waals surface area contributed by atoms with Crippen molar-refractivity contribution in [3.63, 3.8) is 0 Å². The first kappa shape index (κ1) is 22.5. The van der Waals surface area contributed by atoms with Gasteiger partial charge in [0.15, 0.2) is 5.11 Å². The molecule has 7 nitrogen and oxygen atoms in total. The molecule has 2 rings (SSSR count). The van der Waals surface area contributed by atoms with Gasteiger partial charge < -0.3 is 15.0 Å². The summed E-state index contributed by atoms with van der Waals surface area (Å²) < 4.78 is 4.71. The molecular formula is C21H27N3O4S. The van der Waals surface area contributed by atoms with Gasteiger partial charge >= 0.3 is 5.97 Å². The zero-order chi connectivity index (χ0) is 21.2. The Labute approximate surface area is 176 Å². The van der Waals surface area contributed by atoms with Gasteiger partial charge in [-0.25, -0.2) is 4.79 Å². The number of hydrogen-bond donors (Lipinski definition) is 2. The minimum absolute atomic E-state index is 0.0316. The van der Waals surface area contributed by atoms with E-state index in [-0.39, 0.29) is 23.7 Å². The molecule has 0 spiro atoms. The van der Waals surface area contributed by atoms with Crippen LogP contribution in [-0.2, 0) is 14.3 Å². The molecule has 1 saturated carbocycles. The summed E-state index contributed by atoms with van der Waals surface area (Å²) in [6.45, 7) is 1.90. The largest absolute Gasteiger partial charge is 0.463 e. The number of nitrogens with zero attached hydrogens (tertiary/aromatic N) is 1. The fourth-order valence-corrected chi connectivity index (χ4v) is 3.45. The van der Waals surface area contributed by atoms with Gasteiger partial charge in [-0.3, -0.25) is 14.9 Å². The topological polar surface area (TPSA) is 87.7 Å². The normalized spacial score (nSPS) is 14.3. The van der Waals surface area contributed by atoms with Crippen molar-refractivity contribution < 1.29 is 19.1 Å². The molecule has 1 aromatic rings. The van der Waals surface area contributed by atoms with Crippen molar-refractivity contribution in [1.82, 2.24) is 10.2 Å². The number of carbonyl (C=O) groups excluding carboxylic acids is 3. The van der Waals surface area contributed by atoms with Gasteiger partial charge in [0.2, 0.25) is 5.91 Å². The van der Waals surface area contributed by atoms with E-state index in [9.17, 15) is 14.4 Å². The molecule has 29 heavy (non-hydrogen) atoms. The SMILES string of the molecule is CCOC(=O)/C=C/C(=O)NC(=S)Nc1ccccc1C(=O)N(C)C1CCCCC1. The smallest absolute Gasteiger partial charge is 0.330 e. The minimum Gasteiger partial charge on any atom is -0.463 e. The van der Waals surface area contributed by atoms with Gasteiger partial charge in [-0.15, -0.1) is 0 Å². The van der Waals surface area contributed by atoms with Crippen LogP contribution in [0.2, 0.25) is 0 Å². The molecule has 156 valence electrons. The van der Waals surface area contributed by atoms with E-state index in [2.05, 4.69) is 10.6 Å². The lowest BCUT2D eigenvalue weighted by atomic mass is 9.94. The van der Waals surface area contributed by atoms with Crippen LogP contribution in [-0.4, -0.2) is 47.5 Å². The minimum atomic E-state index is -0.608. The highest BCUT2D eigenvalue weighted by atomic mass is 32.1. The molecule has 1 aromatic carbocycles. The summed E-state index contributed by atoms with van der Waals surface area (Å²) in [5.41, 5.74) is 0.999. The Hall–Kier alpha value is -2.74. The van der Waals surface area contributed by atoms with Crippen LogP contribution < -0.4 is 10.6 Å². The van der Waals surface area contributed by atoms with Crippen molar-refractivity contribution in [2.24, 2.45) is 0 Å². The number of rotatable bonds is 6. The van der Waals surface area contributed by atoms with Gasteiger partial charge in [-0.1, -0.05) is 31.4 Å². The quantitative estimate of drug-likeness (QED) is 0.420. The lowest BCUT2D eigenvalue weighted by Crippen LogP contribution is -2.39. The Balaban J connectivity index is 2.00. The predicted octanol–water partition coefficient (Wildman–Crippen LogP) is 3.02. The third-order valence-electron chi connectivity index (χ3n) is 4.74. The molecular weight excluding hydrogens is 390 g/mol. The Kier molecular flexibility index (Phi) is 8.79. The Morgan fingerprint density at radius 3 is 2.55 bits per heavy atom. The average Bonchev–Trinajstić information content (AvgIpc) is 2.72. The van der Waals surface area contributed by atoms with Crippen molar-refractivity contribution in [3.8, 4) is 0 Å². The first-order valence-corrected chi connectivity index (χ1v) is 10.2. The second kappa shape index (κ2) is 11.3. The summed E-state index contributed by atoms with van der Waals surface area (Å²) in [7, 11) is 1.83. The number of ether oxygens (including phenoxy) is 1. The first-order chi connectivity index (χ1) is 13.9. The van der Waals surface area contributed by atoms with Gasteiger partial charge in [0.05, 0.1) is 17.9 Å². The summed E-state index contributed by atoms with van der Waals surface area (Å²) in [4.78, 5) is 37.9. The van der Waals surface area contributed by atoms with Crippen molar-refractivity contribution in [3.05, 3.63) is 42.0 Å². The third-order valence-corrected chi connectivity index (χ3v) is 4.95. The Bertz CT molecular complexity index is 788. The Morgan fingerprint density at radius 2 is 1.86 bits per heavy atom. The number of benzene rings is 1. The molecule has 0 saturated heterocycles. The van der Waals surface area contributed by atoms with E-state index >= 15 is 0 Å². The van der Waals surface area contributed by atoms with Crippen molar-refractivity contribution in [1.29, 1.82) is 0 Å². The number of carbonyl (C=O) groups is 3. The highest BCUT2D eigenvalue weighted by Crippen LogP contribution is 2.25. The van der Waals surface area contributed by atoms with Crippen molar-refractivity contribution >= 4 is 40.8 Å². The molecule has 2 amide bonds. The molecule has 0 atom stereocenters. The second-order valence-electron chi connectivity index (χ2n) is 6.78. The second-order valence-corrected chi connectivity index (χ2v) is 7.19. The number of hydrogen-bond acceptors (Lipinski definition) is 5. The fraction of sp³-hybridized carbons (Fsp3) is 0.429. The van der Waals surface area contributed by atoms with Crippen LogP contribution in [0.15, 0.2) is 36.4 Å². The van der Waals surface area contributed by atoms with E-state index in [1.807, 2.05) is 7.05 Å². The maximum atomic E-state index is 13.0. The summed E-state index contributed by atoms with van der Waals surface area (Å²) in [6, 6.07) is 7.27. The van der Waals surface area contributed by atoms with Crippen LogP contribution >= 0.6 is 12.2 Å². The average molecular weight is 418 g/mol. The van der Waals surface area contributed by atoms with Crippen LogP contribution in [0.1, 0.15) is 49.4 Å². The van der Waals surface area contributed by atoms with Crippen LogP contribution in [0.5, 0.6) is 0 Å². The lowest BCUT2D eigenvalue weighted by molar-refractivity contribution is -0.137. The summed E-state index contributed by atoms with van der Waals surface area (Å²) >= 11 is 5.16. The maximum absolute atomic E-state index is 13.0. The van der Waals surface area contributed by atoms with Gasteiger partial charge in [0.25, 0.3) is 5.91 Å².